The molecule has 2 aromatic rings. The third-order valence-electron chi connectivity index (χ3n) is 3.93. The molecule has 112 valence electrons. The van der Waals surface area contributed by atoms with Crippen LogP contribution < -0.4 is 5.73 Å². The predicted molar refractivity (Wildman–Crippen MR) is 84.4 cm³/mol. The Morgan fingerprint density at radius 2 is 2.29 bits per heavy atom. The predicted octanol–water partition coefficient (Wildman–Crippen LogP) is 3.86. The number of halogens is 1. The van der Waals surface area contributed by atoms with Crippen LogP contribution in [-0.2, 0) is 5.75 Å². The van der Waals surface area contributed by atoms with Gasteiger partial charge in [0.05, 0.1) is 5.75 Å². The molecule has 21 heavy (non-hydrogen) atoms. The van der Waals surface area contributed by atoms with Gasteiger partial charge in [0.2, 0.25) is 5.89 Å². The van der Waals surface area contributed by atoms with E-state index in [0.717, 1.165) is 34.5 Å². The number of rotatable bonds is 5. The molecule has 2 unspecified atom stereocenters. The van der Waals surface area contributed by atoms with Crippen molar-refractivity contribution in [2.75, 3.05) is 6.54 Å². The summed E-state index contributed by atoms with van der Waals surface area (Å²) in [4.78, 5) is 5.65. The zero-order valence-electron chi connectivity index (χ0n) is 11.7. The van der Waals surface area contributed by atoms with Crippen LogP contribution in [0, 0.1) is 5.92 Å². The fourth-order valence-corrected chi connectivity index (χ4v) is 3.88. The SMILES string of the molecule is NCC1CCCC1c1nc(CSc2cccc(Cl)c2)no1. The minimum Gasteiger partial charge on any atom is -0.339 e. The van der Waals surface area contributed by atoms with Gasteiger partial charge >= 0.3 is 0 Å². The monoisotopic (exact) mass is 323 g/mol. The van der Waals surface area contributed by atoms with Crippen LogP contribution in [0.2, 0.25) is 5.02 Å². The van der Waals surface area contributed by atoms with E-state index >= 15 is 0 Å². The highest BCUT2D eigenvalue weighted by molar-refractivity contribution is 7.98. The second-order valence-corrected chi connectivity index (χ2v) is 6.81. The molecule has 1 aliphatic carbocycles. The van der Waals surface area contributed by atoms with Crippen molar-refractivity contribution in [3.63, 3.8) is 0 Å². The maximum atomic E-state index is 5.97. The first-order valence-corrected chi connectivity index (χ1v) is 8.53. The number of hydrogen-bond donors (Lipinski definition) is 1. The Bertz CT molecular complexity index is 604. The van der Waals surface area contributed by atoms with Crippen LogP contribution in [0.1, 0.15) is 36.9 Å². The average molecular weight is 324 g/mol. The molecule has 1 aliphatic rings. The third kappa shape index (κ3) is 3.59. The van der Waals surface area contributed by atoms with Crippen LogP contribution in [0.4, 0.5) is 0 Å². The lowest BCUT2D eigenvalue weighted by atomic mass is 9.96. The van der Waals surface area contributed by atoms with Crippen molar-refractivity contribution >= 4 is 23.4 Å². The Morgan fingerprint density at radius 3 is 3.10 bits per heavy atom. The zero-order chi connectivity index (χ0) is 14.7. The van der Waals surface area contributed by atoms with Crippen molar-refractivity contribution in [1.29, 1.82) is 0 Å². The van der Waals surface area contributed by atoms with Crippen molar-refractivity contribution in [2.24, 2.45) is 11.7 Å². The molecule has 1 aromatic carbocycles. The van der Waals surface area contributed by atoms with Crippen LogP contribution in [0.5, 0.6) is 0 Å². The van der Waals surface area contributed by atoms with E-state index < -0.39 is 0 Å². The summed E-state index contributed by atoms with van der Waals surface area (Å²) in [5.41, 5.74) is 5.81. The number of hydrogen-bond acceptors (Lipinski definition) is 5. The first-order chi connectivity index (χ1) is 10.3. The Kier molecular flexibility index (Phi) is 4.83. The van der Waals surface area contributed by atoms with Crippen molar-refractivity contribution in [1.82, 2.24) is 10.1 Å². The van der Waals surface area contributed by atoms with Gasteiger partial charge in [0.1, 0.15) is 0 Å². The Balaban J connectivity index is 1.63. The van der Waals surface area contributed by atoms with E-state index in [0.29, 0.717) is 24.1 Å². The van der Waals surface area contributed by atoms with E-state index in [1.165, 1.54) is 6.42 Å². The number of nitrogens with two attached hydrogens (primary N) is 1. The maximum Gasteiger partial charge on any atom is 0.230 e. The summed E-state index contributed by atoms with van der Waals surface area (Å²) < 4.78 is 5.44. The van der Waals surface area contributed by atoms with Crippen LogP contribution in [-0.4, -0.2) is 16.7 Å². The van der Waals surface area contributed by atoms with E-state index in [2.05, 4.69) is 10.1 Å². The summed E-state index contributed by atoms with van der Waals surface area (Å²) in [5, 5.41) is 4.83. The summed E-state index contributed by atoms with van der Waals surface area (Å²) in [7, 11) is 0. The van der Waals surface area contributed by atoms with Gasteiger partial charge in [-0.3, -0.25) is 0 Å². The molecule has 6 heteroatoms. The Hall–Kier alpha value is -1.04. The van der Waals surface area contributed by atoms with E-state index in [-0.39, 0.29) is 0 Å². The minimum absolute atomic E-state index is 0.340. The molecule has 1 aromatic heterocycles. The lowest BCUT2D eigenvalue weighted by Gasteiger charge is -2.12. The van der Waals surface area contributed by atoms with Gasteiger partial charge < -0.3 is 10.3 Å². The highest BCUT2D eigenvalue weighted by Crippen LogP contribution is 2.38. The van der Waals surface area contributed by atoms with Crippen LogP contribution in [0.3, 0.4) is 0 Å². The third-order valence-corrected chi connectivity index (χ3v) is 5.15. The van der Waals surface area contributed by atoms with E-state index in [1.54, 1.807) is 11.8 Å². The van der Waals surface area contributed by atoms with Gasteiger partial charge in [-0.05, 0) is 43.5 Å². The molecule has 2 atom stereocenters. The summed E-state index contributed by atoms with van der Waals surface area (Å²) in [6.07, 6.45) is 3.46. The molecule has 0 amide bonds. The molecule has 0 bridgehead atoms. The first-order valence-electron chi connectivity index (χ1n) is 7.17. The van der Waals surface area contributed by atoms with Gasteiger partial charge in [0.15, 0.2) is 5.82 Å². The summed E-state index contributed by atoms with van der Waals surface area (Å²) in [5.74, 6) is 3.00. The highest BCUT2D eigenvalue weighted by Gasteiger charge is 2.31. The molecule has 1 fully saturated rings. The van der Waals surface area contributed by atoms with Gasteiger partial charge in [0, 0.05) is 15.8 Å². The van der Waals surface area contributed by atoms with Gasteiger partial charge in [-0.15, -0.1) is 11.8 Å². The topological polar surface area (TPSA) is 64.9 Å². The van der Waals surface area contributed by atoms with Crippen molar-refractivity contribution in [3.8, 4) is 0 Å². The molecule has 0 radical (unpaired) electrons. The van der Waals surface area contributed by atoms with E-state index in [1.807, 2.05) is 24.3 Å². The molecule has 4 nitrogen and oxygen atoms in total. The van der Waals surface area contributed by atoms with Crippen molar-refractivity contribution < 1.29 is 4.52 Å². The summed E-state index contributed by atoms with van der Waals surface area (Å²) in [6.45, 7) is 0.694. The zero-order valence-corrected chi connectivity index (χ0v) is 13.2. The first kappa shape index (κ1) is 14.9. The Labute approximate surface area is 133 Å². The second kappa shape index (κ2) is 6.81. The smallest absolute Gasteiger partial charge is 0.230 e. The van der Waals surface area contributed by atoms with Gasteiger partial charge in [0.25, 0.3) is 0 Å². The molecule has 1 heterocycles. The van der Waals surface area contributed by atoms with E-state index in [4.69, 9.17) is 21.9 Å². The lowest BCUT2D eigenvalue weighted by molar-refractivity contribution is 0.324. The van der Waals surface area contributed by atoms with Crippen LogP contribution >= 0.6 is 23.4 Å². The van der Waals surface area contributed by atoms with Crippen LogP contribution in [0.25, 0.3) is 0 Å². The number of aromatic nitrogens is 2. The number of benzene rings is 1. The molecular weight excluding hydrogens is 306 g/mol. The standard InChI is InChI=1S/C15H18ClN3OS/c16-11-4-2-5-12(7-11)21-9-14-18-15(20-19-14)13-6-1-3-10(13)8-17/h2,4-5,7,10,13H,1,3,6,8-9,17H2. The summed E-state index contributed by atoms with van der Waals surface area (Å²) >= 11 is 7.63. The van der Waals surface area contributed by atoms with Crippen molar-refractivity contribution in [2.45, 2.75) is 35.8 Å². The summed E-state index contributed by atoms with van der Waals surface area (Å²) in [6, 6.07) is 7.77. The fraction of sp³-hybridized carbons (Fsp3) is 0.467. The average Bonchev–Trinajstić information content (AvgIpc) is 3.13. The van der Waals surface area contributed by atoms with Crippen LogP contribution in [0.15, 0.2) is 33.7 Å². The van der Waals surface area contributed by atoms with Gasteiger partial charge in [-0.1, -0.05) is 29.2 Å². The molecule has 0 saturated heterocycles. The second-order valence-electron chi connectivity index (χ2n) is 5.33. The number of thioether (sulfide) groups is 1. The molecule has 3 rings (SSSR count). The molecular formula is C15H18ClN3OS. The molecule has 0 spiro atoms. The van der Waals surface area contributed by atoms with Gasteiger partial charge in [-0.2, -0.15) is 4.98 Å². The molecule has 0 aliphatic heterocycles. The fourth-order valence-electron chi connectivity index (χ4n) is 2.83. The maximum absolute atomic E-state index is 5.97. The molecule has 2 N–H and O–H groups in total. The Morgan fingerprint density at radius 1 is 1.38 bits per heavy atom. The van der Waals surface area contributed by atoms with Gasteiger partial charge in [-0.25, -0.2) is 0 Å². The lowest BCUT2D eigenvalue weighted by Crippen LogP contribution is -2.17. The van der Waals surface area contributed by atoms with E-state index in [9.17, 15) is 0 Å². The quantitative estimate of drug-likeness (QED) is 0.846. The normalized spacial score (nSPS) is 21.8. The number of nitrogens with zero attached hydrogens (tertiary/aromatic N) is 2. The molecule has 1 saturated carbocycles. The minimum atomic E-state index is 0.340. The largest absolute Gasteiger partial charge is 0.339 e. The van der Waals surface area contributed by atoms with Crippen molar-refractivity contribution in [3.05, 3.63) is 41.0 Å². The highest BCUT2D eigenvalue weighted by atomic mass is 35.5.